The molecular formula is C27H27N7O5S. The predicted octanol–water partition coefficient (Wildman–Crippen LogP) is 2.15. The van der Waals surface area contributed by atoms with Crippen LogP contribution in [0.1, 0.15) is 66.1 Å². The molecule has 0 aliphatic heterocycles. The number of carboxylic acids is 1. The molecule has 1 aliphatic carbocycles. The molecule has 0 bridgehead atoms. The van der Waals surface area contributed by atoms with Crippen LogP contribution in [-0.4, -0.2) is 58.8 Å². The van der Waals surface area contributed by atoms with E-state index in [0.29, 0.717) is 24.1 Å². The number of nitrogens with one attached hydrogen (secondary N) is 3. The van der Waals surface area contributed by atoms with Gasteiger partial charge in [0.1, 0.15) is 17.7 Å². The molecule has 40 heavy (non-hydrogen) atoms. The molecule has 0 saturated heterocycles. The fourth-order valence-electron chi connectivity index (χ4n) is 4.85. The maximum Gasteiger partial charge on any atom is 0.335 e. The van der Waals surface area contributed by atoms with Gasteiger partial charge in [-0.2, -0.15) is 14.6 Å². The van der Waals surface area contributed by atoms with Gasteiger partial charge in [-0.05, 0) is 66.1 Å². The zero-order valence-corrected chi connectivity index (χ0v) is 22.6. The van der Waals surface area contributed by atoms with Crippen molar-refractivity contribution in [2.45, 2.75) is 32.4 Å². The van der Waals surface area contributed by atoms with Crippen molar-refractivity contribution in [3.05, 3.63) is 88.0 Å². The Morgan fingerprint density at radius 3 is 2.73 bits per heavy atom. The van der Waals surface area contributed by atoms with E-state index in [1.54, 1.807) is 43.3 Å². The summed E-state index contributed by atoms with van der Waals surface area (Å²) in [5.41, 5.74) is 4.16. The van der Waals surface area contributed by atoms with Crippen molar-refractivity contribution in [2.24, 2.45) is 0 Å². The van der Waals surface area contributed by atoms with E-state index in [1.807, 2.05) is 0 Å². The number of benzene rings is 2. The highest BCUT2D eigenvalue weighted by Gasteiger charge is 2.29. The molecule has 5 rings (SSSR count). The number of hydrogen-bond donors (Lipinski definition) is 4. The van der Waals surface area contributed by atoms with Crippen molar-refractivity contribution in [3.8, 4) is 0 Å². The highest BCUT2D eigenvalue weighted by atomic mass is 32.2. The van der Waals surface area contributed by atoms with Gasteiger partial charge in [0.15, 0.2) is 0 Å². The molecule has 2 aromatic heterocycles. The number of carbonyl (C=O) groups is 3. The summed E-state index contributed by atoms with van der Waals surface area (Å²) in [6.07, 6.45) is 3.98. The van der Waals surface area contributed by atoms with E-state index in [9.17, 15) is 23.7 Å². The minimum Gasteiger partial charge on any atom is -0.478 e. The van der Waals surface area contributed by atoms with E-state index in [4.69, 9.17) is 0 Å². The highest BCUT2D eigenvalue weighted by molar-refractivity contribution is 8.00. The number of carboxylic acid groups (broad SMARTS) is 1. The van der Waals surface area contributed by atoms with Gasteiger partial charge in [0.05, 0.1) is 11.6 Å². The van der Waals surface area contributed by atoms with Crippen molar-refractivity contribution in [2.75, 3.05) is 11.0 Å². The van der Waals surface area contributed by atoms with Crippen molar-refractivity contribution in [1.82, 2.24) is 30.2 Å². The van der Waals surface area contributed by atoms with Crippen LogP contribution in [0.2, 0.25) is 0 Å². The number of carbonyl (C=O) groups excluding carboxylic acids is 2. The molecule has 4 aromatic rings. The van der Waals surface area contributed by atoms with Gasteiger partial charge in [0.2, 0.25) is 0 Å². The molecule has 12 nitrogen and oxygen atoms in total. The van der Waals surface area contributed by atoms with Crippen LogP contribution in [0.15, 0.2) is 48.8 Å². The number of fused-ring (bicyclic) bond motifs is 2. The zero-order valence-electron chi connectivity index (χ0n) is 21.8. The molecule has 2 amide bonds. The molecule has 4 N–H and O–H groups in total. The maximum absolute atomic E-state index is 13.4. The van der Waals surface area contributed by atoms with Gasteiger partial charge in [-0.1, -0.05) is 18.2 Å². The monoisotopic (exact) mass is 561 g/mol. The normalized spacial score (nSPS) is 15.7. The van der Waals surface area contributed by atoms with Crippen LogP contribution >= 0.6 is 0 Å². The molecule has 2 atom stereocenters. The topological polar surface area (TPSA) is 168 Å². The molecule has 0 radical (unpaired) electrons. The van der Waals surface area contributed by atoms with E-state index in [0.717, 1.165) is 16.7 Å². The smallest absolute Gasteiger partial charge is 0.335 e. The Kier molecular flexibility index (Phi) is 6.98. The summed E-state index contributed by atoms with van der Waals surface area (Å²) in [5, 5.41) is 19.3. The molecule has 0 fully saturated rings. The third-order valence-electron chi connectivity index (χ3n) is 6.66. The van der Waals surface area contributed by atoms with Gasteiger partial charge >= 0.3 is 5.97 Å². The lowest BCUT2D eigenvalue weighted by molar-refractivity contribution is 0.0695. The molecule has 206 valence electrons. The Morgan fingerprint density at radius 1 is 1.18 bits per heavy atom. The molecule has 0 spiro atoms. The van der Waals surface area contributed by atoms with Gasteiger partial charge in [0.25, 0.3) is 17.6 Å². The van der Waals surface area contributed by atoms with E-state index >= 15 is 0 Å². The predicted molar refractivity (Wildman–Crippen MR) is 150 cm³/mol. The standard InChI is InChI=1S/C27H27N7O5S/c1-15-18-9-10-21(20(18)8-7-19(15)26(37)38)31-25(36)23-12-22(32-27-29-14-30-34(23)27)24(35)28-13-16-5-4-6-17(11-16)33-40(2,3)39/h4-8,11-12,14,21H,2,9-10,13H2,1,3H3,(H,28,35)(H,31,36)(H,33,39)(H,37,38)/t21-,40?/m0/s1. The van der Waals surface area contributed by atoms with Gasteiger partial charge in [0, 0.05) is 34.3 Å². The first kappa shape index (κ1) is 26.8. The summed E-state index contributed by atoms with van der Waals surface area (Å²) in [4.78, 5) is 46.2. The second-order valence-corrected chi connectivity index (χ2v) is 11.9. The minimum atomic E-state index is -2.45. The summed E-state index contributed by atoms with van der Waals surface area (Å²) < 4.78 is 16.0. The summed E-state index contributed by atoms with van der Waals surface area (Å²) in [7, 11) is -2.45. The van der Waals surface area contributed by atoms with E-state index in [-0.39, 0.29) is 35.3 Å². The van der Waals surface area contributed by atoms with Gasteiger partial charge in [-0.15, -0.1) is 0 Å². The number of rotatable bonds is 8. The van der Waals surface area contributed by atoms with E-state index in [2.05, 4.69) is 36.3 Å². The molecule has 13 heteroatoms. The van der Waals surface area contributed by atoms with Gasteiger partial charge in [-0.3, -0.25) is 9.59 Å². The van der Waals surface area contributed by atoms with Gasteiger partial charge < -0.3 is 20.5 Å². The third kappa shape index (κ3) is 5.50. The summed E-state index contributed by atoms with van der Waals surface area (Å²) in [5.74, 6) is 1.69. The number of anilines is 1. The zero-order chi connectivity index (χ0) is 28.6. The van der Waals surface area contributed by atoms with Crippen molar-refractivity contribution in [1.29, 1.82) is 0 Å². The molecular weight excluding hydrogens is 534 g/mol. The molecule has 1 unspecified atom stereocenters. The first-order valence-corrected chi connectivity index (χ1v) is 14.5. The first-order valence-electron chi connectivity index (χ1n) is 12.3. The average molecular weight is 562 g/mol. The summed E-state index contributed by atoms with van der Waals surface area (Å²) in [6.45, 7) is 1.93. The van der Waals surface area contributed by atoms with Crippen LogP contribution < -0.4 is 15.4 Å². The number of hydrogen-bond acceptors (Lipinski definition) is 7. The van der Waals surface area contributed by atoms with Crippen LogP contribution in [0.25, 0.3) is 5.78 Å². The van der Waals surface area contributed by atoms with Crippen molar-refractivity contribution in [3.63, 3.8) is 0 Å². The second kappa shape index (κ2) is 10.4. The fourth-order valence-corrected chi connectivity index (χ4v) is 5.48. The lowest BCUT2D eigenvalue weighted by Gasteiger charge is -2.16. The lowest BCUT2D eigenvalue weighted by Crippen LogP contribution is -2.30. The van der Waals surface area contributed by atoms with Crippen molar-refractivity contribution < 1.29 is 23.7 Å². The second-order valence-electron chi connectivity index (χ2n) is 9.66. The lowest BCUT2D eigenvalue weighted by atomic mass is 9.98. The minimum absolute atomic E-state index is 0.0111. The SMILES string of the molecule is C=S(C)(=O)Nc1cccc(CNC(=O)c2cc(C(=O)N[C@H]3CCc4c3ccc(C(=O)O)c4C)n3ncnc3n2)c1. The van der Waals surface area contributed by atoms with Crippen molar-refractivity contribution >= 4 is 44.8 Å². The number of aromatic carboxylic acids is 1. The van der Waals surface area contributed by atoms with Crippen LogP contribution in [-0.2, 0) is 22.7 Å². The maximum atomic E-state index is 13.4. The quantitative estimate of drug-likeness (QED) is 0.237. The average Bonchev–Trinajstić information content (AvgIpc) is 3.53. The van der Waals surface area contributed by atoms with Crippen LogP contribution in [0.4, 0.5) is 5.69 Å². The molecule has 0 saturated carbocycles. The fraction of sp³-hybridized carbons (Fsp3) is 0.222. The molecule has 1 aliphatic rings. The largest absolute Gasteiger partial charge is 0.478 e. The Labute approximate surface area is 230 Å². The third-order valence-corrected chi connectivity index (χ3v) is 7.33. The Morgan fingerprint density at radius 2 is 1.98 bits per heavy atom. The number of nitrogens with zero attached hydrogens (tertiary/aromatic N) is 4. The highest BCUT2D eigenvalue weighted by Crippen LogP contribution is 2.35. The van der Waals surface area contributed by atoms with Gasteiger partial charge in [-0.25, -0.2) is 14.0 Å². The Balaban J connectivity index is 1.35. The molecule has 2 heterocycles. The van der Waals surface area contributed by atoms with Crippen LogP contribution in [0.5, 0.6) is 0 Å². The van der Waals surface area contributed by atoms with E-state index in [1.165, 1.54) is 23.2 Å². The molecule has 2 aromatic carbocycles. The Bertz CT molecular complexity index is 1780. The Hall–Kier alpha value is -4.78. The van der Waals surface area contributed by atoms with E-state index < -0.39 is 27.5 Å². The summed E-state index contributed by atoms with van der Waals surface area (Å²) >= 11 is 0. The number of aromatic nitrogens is 4. The van der Waals surface area contributed by atoms with Crippen LogP contribution in [0.3, 0.4) is 0 Å². The first-order chi connectivity index (χ1) is 19.0. The summed E-state index contributed by atoms with van der Waals surface area (Å²) in [6, 6.07) is 11.4. The number of amides is 2. The van der Waals surface area contributed by atoms with Crippen LogP contribution in [0, 0.1) is 6.92 Å².